The van der Waals surface area contributed by atoms with Crippen molar-refractivity contribution in [3.8, 4) is 0 Å². The van der Waals surface area contributed by atoms with Gasteiger partial charge in [-0.2, -0.15) is 0 Å². The summed E-state index contributed by atoms with van der Waals surface area (Å²) in [7, 11) is 0. The Kier molecular flexibility index (Phi) is 7.87. The molecule has 0 atom stereocenters. The first-order valence-electron chi connectivity index (χ1n) is 7.21. The van der Waals surface area contributed by atoms with E-state index in [1.165, 1.54) is 58.0 Å². The summed E-state index contributed by atoms with van der Waals surface area (Å²) in [6.07, 6.45) is 11.3. The minimum atomic E-state index is -0.00899. The molecular weight excluding hydrogens is 198 g/mol. The first kappa shape index (κ1) is 14.0. The number of aliphatic hydroxyl groups is 1. The maximum Gasteiger partial charge on any atom is 0.0540 e. The highest BCUT2D eigenvalue weighted by atomic mass is 16.3. The molecule has 2 heteroatoms. The highest BCUT2D eigenvalue weighted by Crippen LogP contribution is 2.23. The van der Waals surface area contributed by atoms with E-state index >= 15 is 0 Å². The molecule has 1 aliphatic rings. The van der Waals surface area contributed by atoms with Crippen LogP contribution in [0.25, 0.3) is 0 Å². The monoisotopic (exact) mass is 227 g/mol. The van der Waals surface area contributed by atoms with Crippen molar-refractivity contribution in [2.75, 3.05) is 13.1 Å². The van der Waals surface area contributed by atoms with Crippen molar-refractivity contribution in [1.82, 2.24) is 5.32 Å². The third kappa shape index (κ3) is 6.49. The van der Waals surface area contributed by atoms with Gasteiger partial charge >= 0.3 is 0 Å². The molecule has 2 N–H and O–H groups in total. The summed E-state index contributed by atoms with van der Waals surface area (Å²) in [4.78, 5) is 0. The zero-order valence-electron chi connectivity index (χ0n) is 10.9. The molecule has 16 heavy (non-hydrogen) atoms. The van der Waals surface area contributed by atoms with Gasteiger partial charge in [0.05, 0.1) is 6.10 Å². The van der Waals surface area contributed by atoms with Crippen LogP contribution in [0, 0.1) is 5.92 Å². The molecule has 0 saturated heterocycles. The molecule has 0 aliphatic heterocycles. The molecule has 0 aromatic rings. The lowest BCUT2D eigenvalue weighted by Gasteiger charge is -2.25. The van der Waals surface area contributed by atoms with Gasteiger partial charge in [0.2, 0.25) is 0 Å². The van der Waals surface area contributed by atoms with Crippen molar-refractivity contribution in [2.45, 2.75) is 70.8 Å². The summed E-state index contributed by atoms with van der Waals surface area (Å²) in [6, 6.07) is 0. The Morgan fingerprint density at radius 1 is 1.00 bits per heavy atom. The van der Waals surface area contributed by atoms with Crippen LogP contribution >= 0.6 is 0 Å². The van der Waals surface area contributed by atoms with Crippen LogP contribution in [-0.4, -0.2) is 24.3 Å². The van der Waals surface area contributed by atoms with E-state index in [0.29, 0.717) is 0 Å². The molecule has 0 spiro atoms. The second-order valence-electron chi connectivity index (χ2n) is 5.29. The second kappa shape index (κ2) is 9.00. The zero-order valence-corrected chi connectivity index (χ0v) is 10.9. The minimum Gasteiger partial charge on any atom is -0.393 e. The standard InChI is InChI=1S/C14H29NO/c1-2-3-4-5-6-11-15-12-13-7-9-14(16)10-8-13/h13-16H,2-12H2,1H3. The molecule has 1 aliphatic carbocycles. The predicted molar refractivity (Wildman–Crippen MR) is 69.6 cm³/mol. The van der Waals surface area contributed by atoms with Crippen molar-refractivity contribution in [2.24, 2.45) is 5.92 Å². The third-order valence-electron chi connectivity index (χ3n) is 3.71. The van der Waals surface area contributed by atoms with Gasteiger partial charge in [-0.05, 0) is 51.1 Å². The van der Waals surface area contributed by atoms with Crippen LogP contribution in [0.5, 0.6) is 0 Å². The summed E-state index contributed by atoms with van der Waals surface area (Å²) >= 11 is 0. The number of hydrogen-bond acceptors (Lipinski definition) is 2. The average molecular weight is 227 g/mol. The average Bonchev–Trinajstić information content (AvgIpc) is 2.30. The van der Waals surface area contributed by atoms with Gasteiger partial charge in [-0.1, -0.05) is 32.6 Å². The molecule has 2 nitrogen and oxygen atoms in total. The Hall–Kier alpha value is -0.0800. The van der Waals surface area contributed by atoms with Gasteiger partial charge in [0, 0.05) is 0 Å². The van der Waals surface area contributed by atoms with Crippen LogP contribution < -0.4 is 5.32 Å². The quantitative estimate of drug-likeness (QED) is 0.625. The van der Waals surface area contributed by atoms with E-state index in [1.807, 2.05) is 0 Å². The van der Waals surface area contributed by atoms with E-state index in [9.17, 15) is 5.11 Å². The molecule has 0 bridgehead atoms. The lowest BCUT2D eigenvalue weighted by Crippen LogP contribution is -2.28. The lowest BCUT2D eigenvalue weighted by molar-refractivity contribution is 0.108. The number of hydrogen-bond donors (Lipinski definition) is 2. The molecule has 0 unspecified atom stereocenters. The van der Waals surface area contributed by atoms with Gasteiger partial charge < -0.3 is 10.4 Å². The van der Waals surface area contributed by atoms with Gasteiger partial charge in [-0.25, -0.2) is 0 Å². The molecule has 0 amide bonds. The van der Waals surface area contributed by atoms with E-state index < -0.39 is 0 Å². The summed E-state index contributed by atoms with van der Waals surface area (Å²) in [5.41, 5.74) is 0. The van der Waals surface area contributed by atoms with Crippen LogP contribution in [0.3, 0.4) is 0 Å². The van der Waals surface area contributed by atoms with Gasteiger partial charge in [0.25, 0.3) is 0 Å². The SMILES string of the molecule is CCCCCCCNCC1CCC(O)CC1. The fourth-order valence-electron chi connectivity index (χ4n) is 2.51. The highest BCUT2D eigenvalue weighted by Gasteiger charge is 2.18. The van der Waals surface area contributed by atoms with Gasteiger partial charge in [0.15, 0.2) is 0 Å². The molecule has 0 radical (unpaired) electrons. The zero-order chi connectivity index (χ0) is 11.6. The third-order valence-corrected chi connectivity index (χ3v) is 3.71. The summed E-state index contributed by atoms with van der Waals surface area (Å²) < 4.78 is 0. The Balaban J connectivity index is 1.84. The summed E-state index contributed by atoms with van der Waals surface area (Å²) in [5, 5.41) is 13.0. The van der Waals surface area contributed by atoms with Crippen molar-refractivity contribution in [3.63, 3.8) is 0 Å². The number of unbranched alkanes of at least 4 members (excludes halogenated alkanes) is 4. The number of nitrogens with one attached hydrogen (secondary N) is 1. The van der Waals surface area contributed by atoms with Crippen LogP contribution in [0.2, 0.25) is 0 Å². The van der Waals surface area contributed by atoms with E-state index in [0.717, 1.165) is 18.8 Å². The number of rotatable bonds is 8. The molecule has 0 aromatic heterocycles. The number of aliphatic hydroxyl groups excluding tert-OH is 1. The van der Waals surface area contributed by atoms with E-state index in [4.69, 9.17) is 0 Å². The molecule has 96 valence electrons. The highest BCUT2D eigenvalue weighted by molar-refractivity contribution is 4.72. The van der Waals surface area contributed by atoms with E-state index in [2.05, 4.69) is 12.2 Å². The Morgan fingerprint density at radius 3 is 2.38 bits per heavy atom. The predicted octanol–water partition coefficient (Wildman–Crippen LogP) is 3.10. The van der Waals surface area contributed by atoms with Gasteiger partial charge in [-0.3, -0.25) is 0 Å². The van der Waals surface area contributed by atoms with Crippen LogP contribution in [0.1, 0.15) is 64.7 Å². The molecule has 0 heterocycles. The van der Waals surface area contributed by atoms with Crippen LogP contribution in [-0.2, 0) is 0 Å². The summed E-state index contributed by atoms with van der Waals surface area (Å²) in [6.45, 7) is 4.61. The van der Waals surface area contributed by atoms with Crippen molar-refractivity contribution in [3.05, 3.63) is 0 Å². The smallest absolute Gasteiger partial charge is 0.0540 e. The molecular formula is C14H29NO. The lowest BCUT2D eigenvalue weighted by atomic mass is 9.87. The second-order valence-corrected chi connectivity index (χ2v) is 5.29. The van der Waals surface area contributed by atoms with Crippen LogP contribution in [0.15, 0.2) is 0 Å². The summed E-state index contributed by atoms with van der Waals surface area (Å²) in [5.74, 6) is 0.819. The Morgan fingerprint density at radius 2 is 1.69 bits per heavy atom. The fraction of sp³-hybridized carbons (Fsp3) is 1.00. The first-order valence-corrected chi connectivity index (χ1v) is 7.21. The van der Waals surface area contributed by atoms with Crippen molar-refractivity contribution < 1.29 is 5.11 Å². The van der Waals surface area contributed by atoms with Gasteiger partial charge in [0.1, 0.15) is 0 Å². The maximum absolute atomic E-state index is 9.40. The van der Waals surface area contributed by atoms with Crippen molar-refractivity contribution >= 4 is 0 Å². The topological polar surface area (TPSA) is 32.3 Å². The molecule has 0 aromatic carbocycles. The maximum atomic E-state index is 9.40. The normalized spacial score (nSPS) is 25.9. The minimum absolute atomic E-state index is 0.00899. The fourth-order valence-corrected chi connectivity index (χ4v) is 2.51. The van der Waals surface area contributed by atoms with Crippen molar-refractivity contribution in [1.29, 1.82) is 0 Å². The molecule has 1 fully saturated rings. The molecule has 1 saturated carbocycles. The van der Waals surface area contributed by atoms with Crippen LogP contribution in [0.4, 0.5) is 0 Å². The Bertz CT molecular complexity index is 153. The molecule has 1 rings (SSSR count). The van der Waals surface area contributed by atoms with Gasteiger partial charge in [-0.15, -0.1) is 0 Å². The van der Waals surface area contributed by atoms with E-state index in [-0.39, 0.29) is 6.10 Å². The van der Waals surface area contributed by atoms with E-state index in [1.54, 1.807) is 0 Å². The Labute approximate surface area is 101 Å². The first-order chi connectivity index (χ1) is 7.83. The largest absolute Gasteiger partial charge is 0.393 e.